The first kappa shape index (κ1) is 18.5. The van der Waals surface area contributed by atoms with Gasteiger partial charge in [0.25, 0.3) is 0 Å². The predicted molar refractivity (Wildman–Crippen MR) is 100 cm³/mol. The largest absolute Gasteiger partial charge is 0.301 e. The number of carbonyl (C=O) groups is 1. The fraction of sp³-hybridized carbons (Fsp3) is 0.167. The lowest BCUT2D eigenvalue weighted by Crippen LogP contribution is -2.13. The maximum absolute atomic E-state index is 13.2. The first-order chi connectivity index (χ1) is 12.6. The summed E-state index contributed by atoms with van der Waals surface area (Å²) in [4.78, 5) is 21.0. The molecule has 0 fully saturated rings. The third kappa shape index (κ3) is 5.34. The number of pyridine rings is 1. The highest BCUT2D eigenvalue weighted by atomic mass is 32.2. The minimum absolute atomic E-state index is 0.132. The van der Waals surface area contributed by atoms with Gasteiger partial charge in [0.2, 0.25) is 5.91 Å². The van der Waals surface area contributed by atoms with Gasteiger partial charge in [-0.15, -0.1) is 23.1 Å². The summed E-state index contributed by atoms with van der Waals surface area (Å²) in [6.45, 7) is 0. The van der Waals surface area contributed by atoms with Gasteiger partial charge in [0.1, 0.15) is 0 Å². The molecule has 0 bridgehead atoms. The van der Waals surface area contributed by atoms with Gasteiger partial charge >= 0.3 is 0 Å². The molecule has 4 nitrogen and oxygen atoms in total. The van der Waals surface area contributed by atoms with Gasteiger partial charge in [0.05, 0.1) is 5.75 Å². The molecular formula is C18H15F2N3OS2. The van der Waals surface area contributed by atoms with Gasteiger partial charge < -0.3 is 5.32 Å². The normalized spacial score (nSPS) is 10.7. The average Bonchev–Trinajstić information content (AvgIpc) is 3.06. The summed E-state index contributed by atoms with van der Waals surface area (Å²) in [5, 5.41) is 3.25. The van der Waals surface area contributed by atoms with Crippen LogP contribution in [0, 0.1) is 11.6 Å². The second-order valence-electron chi connectivity index (χ2n) is 5.46. The average molecular weight is 391 g/mol. The zero-order valence-electron chi connectivity index (χ0n) is 13.6. The van der Waals surface area contributed by atoms with E-state index < -0.39 is 11.6 Å². The maximum atomic E-state index is 13.2. The number of amides is 1. The molecule has 0 aliphatic carbocycles. The second-order valence-corrected chi connectivity index (χ2v) is 7.56. The van der Waals surface area contributed by atoms with Crippen molar-refractivity contribution < 1.29 is 13.6 Å². The lowest BCUT2D eigenvalue weighted by Gasteiger charge is -2.02. The zero-order valence-corrected chi connectivity index (χ0v) is 15.2. The molecule has 0 saturated carbocycles. The SMILES string of the molecule is O=C(CSCc1cccnc1)Nc1ncc(Cc2ccc(F)c(F)c2)s1. The molecule has 0 spiro atoms. The summed E-state index contributed by atoms with van der Waals surface area (Å²) in [6, 6.07) is 7.63. The predicted octanol–water partition coefficient (Wildman–Crippen LogP) is 4.28. The molecule has 134 valence electrons. The van der Waals surface area contributed by atoms with Crippen LogP contribution in [0.15, 0.2) is 48.9 Å². The number of nitrogens with zero attached hydrogens (tertiary/aromatic N) is 2. The van der Waals surface area contributed by atoms with Crippen molar-refractivity contribution in [1.29, 1.82) is 0 Å². The minimum Gasteiger partial charge on any atom is -0.301 e. The number of benzene rings is 1. The molecule has 2 heterocycles. The highest BCUT2D eigenvalue weighted by Gasteiger charge is 2.09. The molecule has 26 heavy (non-hydrogen) atoms. The fourth-order valence-electron chi connectivity index (χ4n) is 2.20. The van der Waals surface area contributed by atoms with Crippen LogP contribution in [-0.2, 0) is 17.0 Å². The Bertz CT molecular complexity index is 887. The van der Waals surface area contributed by atoms with E-state index in [4.69, 9.17) is 0 Å². The van der Waals surface area contributed by atoms with Crippen molar-refractivity contribution in [1.82, 2.24) is 9.97 Å². The van der Waals surface area contributed by atoms with E-state index in [1.54, 1.807) is 18.6 Å². The quantitative estimate of drug-likeness (QED) is 0.653. The molecule has 0 atom stereocenters. The Morgan fingerprint density at radius 3 is 2.81 bits per heavy atom. The summed E-state index contributed by atoms with van der Waals surface area (Å²) < 4.78 is 26.2. The van der Waals surface area contributed by atoms with Gasteiger partial charge in [-0.2, -0.15) is 0 Å². The highest BCUT2D eigenvalue weighted by Crippen LogP contribution is 2.22. The van der Waals surface area contributed by atoms with Crippen molar-refractivity contribution in [2.45, 2.75) is 12.2 Å². The summed E-state index contributed by atoms with van der Waals surface area (Å²) in [5.41, 5.74) is 1.71. The van der Waals surface area contributed by atoms with Gasteiger partial charge in [0, 0.05) is 35.6 Å². The number of thioether (sulfide) groups is 1. The number of anilines is 1. The van der Waals surface area contributed by atoms with Crippen LogP contribution in [0.4, 0.5) is 13.9 Å². The Morgan fingerprint density at radius 1 is 1.15 bits per heavy atom. The number of thiazole rings is 1. The molecule has 0 saturated heterocycles. The van der Waals surface area contributed by atoms with Crippen molar-refractivity contribution in [3.8, 4) is 0 Å². The van der Waals surface area contributed by atoms with Crippen molar-refractivity contribution in [3.05, 3.63) is 76.6 Å². The van der Waals surface area contributed by atoms with Gasteiger partial charge in [-0.3, -0.25) is 9.78 Å². The summed E-state index contributed by atoms with van der Waals surface area (Å²) in [6.07, 6.45) is 5.54. The number of hydrogen-bond donors (Lipinski definition) is 1. The van der Waals surface area contributed by atoms with Crippen molar-refractivity contribution in [2.75, 3.05) is 11.1 Å². The molecule has 8 heteroatoms. The maximum Gasteiger partial charge on any atom is 0.236 e. The van der Waals surface area contributed by atoms with Crippen molar-refractivity contribution >= 4 is 34.1 Å². The molecular weight excluding hydrogens is 376 g/mol. The molecule has 3 aromatic rings. The molecule has 0 aliphatic rings. The Balaban J connectivity index is 1.48. The van der Waals surface area contributed by atoms with E-state index in [-0.39, 0.29) is 5.91 Å². The first-order valence-corrected chi connectivity index (χ1v) is 9.72. The fourth-order valence-corrected chi connectivity index (χ4v) is 3.83. The number of rotatable bonds is 7. The molecule has 2 aromatic heterocycles. The molecule has 1 N–H and O–H groups in total. The topological polar surface area (TPSA) is 54.9 Å². The summed E-state index contributed by atoms with van der Waals surface area (Å²) in [7, 11) is 0. The van der Waals surface area contributed by atoms with Gasteiger partial charge in [-0.05, 0) is 29.3 Å². The molecule has 0 aliphatic heterocycles. The monoisotopic (exact) mass is 391 g/mol. The molecule has 1 aromatic carbocycles. The third-order valence-electron chi connectivity index (χ3n) is 3.39. The number of halogens is 2. The highest BCUT2D eigenvalue weighted by molar-refractivity contribution is 7.99. The van der Waals surface area contributed by atoms with Crippen LogP contribution in [0.1, 0.15) is 16.0 Å². The first-order valence-electron chi connectivity index (χ1n) is 7.75. The van der Waals surface area contributed by atoms with E-state index in [9.17, 15) is 13.6 Å². The van der Waals surface area contributed by atoms with Gasteiger partial charge in [0.15, 0.2) is 16.8 Å². The summed E-state index contributed by atoms with van der Waals surface area (Å²) in [5.74, 6) is -0.846. The minimum atomic E-state index is -0.869. The second kappa shape index (κ2) is 8.86. The van der Waals surface area contributed by atoms with E-state index in [1.165, 1.54) is 35.2 Å². The number of aromatic nitrogens is 2. The third-order valence-corrected chi connectivity index (χ3v) is 5.30. The van der Waals surface area contributed by atoms with Crippen molar-refractivity contribution in [2.24, 2.45) is 0 Å². The Kier molecular flexibility index (Phi) is 6.30. The number of hydrogen-bond acceptors (Lipinski definition) is 5. The van der Waals surface area contributed by atoms with Gasteiger partial charge in [-0.1, -0.05) is 12.1 Å². The van der Waals surface area contributed by atoms with E-state index in [0.717, 1.165) is 16.5 Å². The molecule has 1 amide bonds. The van der Waals surface area contributed by atoms with Crippen LogP contribution in [0.2, 0.25) is 0 Å². The van der Waals surface area contributed by atoms with Gasteiger partial charge in [-0.25, -0.2) is 13.8 Å². The molecule has 0 radical (unpaired) electrons. The lowest BCUT2D eigenvalue weighted by molar-refractivity contribution is -0.113. The van der Waals surface area contributed by atoms with E-state index in [2.05, 4.69) is 15.3 Å². The number of carbonyl (C=O) groups excluding carboxylic acids is 1. The smallest absolute Gasteiger partial charge is 0.236 e. The standard InChI is InChI=1S/C18H15F2N3OS2/c19-15-4-3-12(7-16(15)20)6-14-9-22-18(26-14)23-17(24)11-25-10-13-2-1-5-21-8-13/h1-5,7-9H,6,10-11H2,(H,22,23,24). The molecule has 0 unspecified atom stereocenters. The van der Waals surface area contributed by atoms with E-state index in [0.29, 0.717) is 28.6 Å². The van der Waals surface area contributed by atoms with Crippen LogP contribution in [0.5, 0.6) is 0 Å². The Labute approximate surface area is 157 Å². The number of nitrogens with one attached hydrogen (secondary N) is 1. The molecule has 3 rings (SSSR count). The summed E-state index contributed by atoms with van der Waals surface area (Å²) >= 11 is 2.81. The van der Waals surface area contributed by atoms with Crippen molar-refractivity contribution in [3.63, 3.8) is 0 Å². The Morgan fingerprint density at radius 2 is 2.04 bits per heavy atom. The van der Waals surface area contributed by atoms with Crippen LogP contribution >= 0.6 is 23.1 Å². The van der Waals surface area contributed by atoms with Crippen LogP contribution in [0.3, 0.4) is 0 Å². The zero-order chi connectivity index (χ0) is 18.4. The van der Waals surface area contributed by atoms with E-state index in [1.807, 2.05) is 12.1 Å². The van der Waals surface area contributed by atoms with Crippen LogP contribution in [0.25, 0.3) is 0 Å². The Hall–Kier alpha value is -2.32. The van der Waals surface area contributed by atoms with Crippen LogP contribution < -0.4 is 5.32 Å². The van der Waals surface area contributed by atoms with Crippen LogP contribution in [-0.4, -0.2) is 21.6 Å². The lowest BCUT2D eigenvalue weighted by atomic mass is 10.1. The van der Waals surface area contributed by atoms with E-state index >= 15 is 0 Å².